The van der Waals surface area contributed by atoms with Gasteiger partial charge in [-0.2, -0.15) is 0 Å². The van der Waals surface area contributed by atoms with Gasteiger partial charge in [0.1, 0.15) is 10.6 Å². The summed E-state index contributed by atoms with van der Waals surface area (Å²) in [5.41, 5.74) is 1.16. The number of hydrogen-bond acceptors (Lipinski definition) is 4. The molecule has 1 aliphatic carbocycles. The lowest BCUT2D eigenvalue weighted by Gasteiger charge is -2.35. The van der Waals surface area contributed by atoms with Crippen molar-refractivity contribution < 1.29 is 13.2 Å². The zero-order chi connectivity index (χ0) is 13.3. The summed E-state index contributed by atoms with van der Waals surface area (Å²) in [5, 5.41) is 3.24. The first-order valence-corrected chi connectivity index (χ1v) is 7.90. The average molecular weight is 269 g/mol. The van der Waals surface area contributed by atoms with Crippen LogP contribution in [-0.4, -0.2) is 34.9 Å². The number of rotatable bonds is 4. The van der Waals surface area contributed by atoms with Crippen molar-refractivity contribution in [2.24, 2.45) is 0 Å². The van der Waals surface area contributed by atoms with E-state index >= 15 is 0 Å². The molecule has 0 unspecified atom stereocenters. The lowest BCUT2D eigenvalue weighted by molar-refractivity contribution is 0.306. The Morgan fingerprint density at radius 2 is 2.00 bits per heavy atom. The molecule has 0 aromatic heterocycles. The molecule has 1 aromatic carbocycles. The highest BCUT2D eigenvalue weighted by Crippen LogP contribution is 2.39. The second kappa shape index (κ2) is 4.90. The van der Waals surface area contributed by atoms with E-state index in [9.17, 15) is 8.42 Å². The van der Waals surface area contributed by atoms with Crippen LogP contribution in [0.25, 0.3) is 0 Å². The quantitative estimate of drug-likeness (QED) is 0.901. The van der Waals surface area contributed by atoms with E-state index in [-0.39, 0.29) is 4.90 Å². The van der Waals surface area contributed by atoms with Gasteiger partial charge in [0.15, 0.2) is 9.84 Å². The third kappa shape index (κ3) is 2.52. The lowest BCUT2D eigenvalue weighted by Crippen LogP contribution is -2.37. The first kappa shape index (κ1) is 13.4. The highest BCUT2D eigenvalue weighted by atomic mass is 32.2. The number of sulfone groups is 1. The molecule has 0 heterocycles. The smallest absolute Gasteiger partial charge is 0.179 e. The minimum absolute atomic E-state index is 0.262. The molecule has 1 N–H and O–H groups in total. The van der Waals surface area contributed by atoms with E-state index in [2.05, 4.69) is 5.32 Å². The molecule has 1 aromatic rings. The van der Waals surface area contributed by atoms with Gasteiger partial charge < -0.3 is 10.1 Å². The maximum atomic E-state index is 11.6. The van der Waals surface area contributed by atoms with Crippen LogP contribution in [0, 0.1) is 0 Å². The number of hydrogen-bond donors (Lipinski definition) is 1. The Morgan fingerprint density at radius 1 is 1.33 bits per heavy atom. The summed E-state index contributed by atoms with van der Waals surface area (Å²) >= 11 is 0. The monoisotopic (exact) mass is 269 g/mol. The van der Waals surface area contributed by atoms with Crippen molar-refractivity contribution in [2.45, 2.75) is 29.7 Å². The highest BCUT2D eigenvalue weighted by molar-refractivity contribution is 7.90. The average Bonchev–Trinajstić information content (AvgIpc) is 2.26. The molecule has 0 saturated heterocycles. The molecular weight excluding hydrogens is 250 g/mol. The zero-order valence-corrected chi connectivity index (χ0v) is 11.8. The first-order chi connectivity index (χ1) is 8.45. The Labute approximate surface area is 108 Å². The molecule has 100 valence electrons. The predicted octanol–water partition coefficient (Wildman–Crippen LogP) is 1.56. The molecule has 0 amide bonds. The number of methoxy groups -OCH3 is 1. The second-order valence-corrected chi connectivity index (χ2v) is 6.82. The first-order valence-electron chi connectivity index (χ1n) is 6.01. The van der Waals surface area contributed by atoms with Gasteiger partial charge in [0.2, 0.25) is 0 Å². The van der Waals surface area contributed by atoms with Crippen LogP contribution in [0.3, 0.4) is 0 Å². The summed E-state index contributed by atoms with van der Waals surface area (Å²) in [6, 6.07) is 5.98. The van der Waals surface area contributed by atoms with Crippen LogP contribution in [0.5, 0.6) is 5.75 Å². The Balaban J connectivity index is 2.26. The van der Waals surface area contributed by atoms with E-state index in [4.69, 9.17) is 4.74 Å². The van der Waals surface area contributed by atoms with Gasteiger partial charge >= 0.3 is 0 Å². The molecule has 18 heavy (non-hydrogen) atoms. The third-order valence-corrected chi connectivity index (χ3v) is 4.74. The van der Waals surface area contributed by atoms with Crippen molar-refractivity contribution in [3.05, 3.63) is 23.8 Å². The van der Waals surface area contributed by atoms with Gasteiger partial charge in [-0.3, -0.25) is 0 Å². The van der Waals surface area contributed by atoms with Crippen molar-refractivity contribution >= 4 is 9.84 Å². The summed E-state index contributed by atoms with van der Waals surface area (Å²) in [6.45, 7) is 0. The van der Waals surface area contributed by atoms with Crippen LogP contribution in [0.2, 0.25) is 0 Å². The van der Waals surface area contributed by atoms with E-state index in [1.54, 1.807) is 6.07 Å². The van der Waals surface area contributed by atoms with Crippen LogP contribution in [-0.2, 0) is 9.84 Å². The van der Waals surface area contributed by atoms with Crippen molar-refractivity contribution in [2.75, 3.05) is 20.4 Å². The summed E-state index contributed by atoms with van der Waals surface area (Å²) in [7, 11) is 0.242. The number of benzene rings is 1. The van der Waals surface area contributed by atoms with Gasteiger partial charge in [0, 0.05) is 12.3 Å². The van der Waals surface area contributed by atoms with E-state index in [0.29, 0.717) is 17.7 Å². The summed E-state index contributed by atoms with van der Waals surface area (Å²) in [5.74, 6) is 0.952. The molecule has 1 aliphatic rings. The summed E-state index contributed by atoms with van der Waals surface area (Å²) in [4.78, 5) is 0.262. The van der Waals surface area contributed by atoms with E-state index in [1.165, 1.54) is 13.4 Å². The molecule has 0 aliphatic heterocycles. The molecule has 0 bridgehead atoms. The van der Waals surface area contributed by atoms with Crippen LogP contribution in [0.4, 0.5) is 0 Å². The van der Waals surface area contributed by atoms with Crippen LogP contribution in [0.15, 0.2) is 23.1 Å². The Kier molecular flexibility index (Phi) is 3.64. The fourth-order valence-electron chi connectivity index (χ4n) is 2.37. The topological polar surface area (TPSA) is 55.4 Å². The van der Waals surface area contributed by atoms with Crippen molar-refractivity contribution in [3.8, 4) is 5.75 Å². The molecule has 1 saturated carbocycles. The lowest BCUT2D eigenvalue weighted by atomic mass is 9.76. The Hall–Kier alpha value is -1.07. The van der Waals surface area contributed by atoms with Gasteiger partial charge in [0.25, 0.3) is 0 Å². The van der Waals surface area contributed by atoms with Crippen molar-refractivity contribution in [1.29, 1.82) is 0 Å². The van der Waals surface area contributed by atoms with E-state index < -0.39 is 9.84 Å². The minimum Gasteiger partial charge on any atom is -0.495 e. The maximum Gasteiger partial charge on any atom is 0.179 e. The van der Waals surface area contributed by atoms with Crippen molar-refractivity contribution in [1.82, 2.24) is 5.32 Å². The van der Waals surface area contributed by atoms with Crippen LogP contribution in [0.1, 0.15) is 24.3 Å². The summed E-state index contributed by atoms with van der Waals surface area (Å²) in [6.07, 6.45) is 3.39. The van der Waals surface area contributed by atoms with Gasteiger partial charge in [-0.15, -0.1) is 0 Å². The van der Waals surface area contributed by atoms with Crippen LogP contribution >= 0.6 is 0 Å². The van der Waals surface area contributed by atoms with Crippen LogP contribution < -0.4 is 10.1 Å². The summed E-state index contributed by atoms with van der Waals surface area (Å²) < 4.78 is 28.4. The minimum atomic E-state index is -3.23. The zero-order valence-electron chi connectivity index (χ0n) is 10.9. The largest absolute Gasteiger partial charge is 0.495 e. The van der Waals surface area contributed by atoms with Gasteiger partial charge in [0.05, 0.1) is 7.11 Å². The SMILES string of the molecule is CNC1CC(c2ccc(S(C)(=O)=O)c(OC)c2)C1. The highest BCUT2D eigenvalue weighted by Gasteiger charge is 2.29. The third-order valence-electron chi connectivity index (χ3n) is 3.60. The Morgan fingerprint density at radius 3 is 2.50 bits per heavy atom. The Bertz CT molecular complexity index is 533. The molecule has 5 heteroatoms. The van der Waals surface area contributed by atoms with Gasteiger partial charge in [-0.05, 0) is 43.5 Å². The molecule has 2 rings (SSSR count). The van der Waals surface area contributed by atoms with Crippen molar-refractivity contribution in [3.63, 3.8) is 0 Å². The standard InChI is InChI=1S/C13H19NO3S/c1-14-11-6-10(7-11)9-4-5-13(18(3,15)16)12(8-9)17-2/h4-5,8,10-11,14H,6-7H2,1-3H3. The molecule has 0 atom stereocenters. The van der Waals surface area contributed by atoms with Gasteiger partial charge in [-0.25, -0.2) is 8.42 Å². The second-order valence-electron chi connectivity index (χ2n) is 4.84. The number of nitrogens with one attached hydrogen (secondary N) is 1. The van der Waals surface area contributed by atoms with Gasteiger partial charge in [-0.1, -0.05) is 6.07 Å². The fraction of sp³-hybridized carbons (Fsp3) is 0.538. The molecule has 1 fully saturated rings. The maximum absolute atomic E-state index is 11.6. The predicted molar refractivity (Wildman–Crippen MR) is 70.9 cm³/mol. The van der Waals surface area contributed by atoms with E-state index in [0.717, 1.165) is 18.4 Å². The number of ether oxygens (including phenoxy) is 1. The molecular formula is C13H19NO3S. The fourth-order valence-corrected chi connectivity index (χ4v) is 3.19. The molecule has 0 spiro atoms. The molecule has 0 radical (unpaired) electrons. The molecule has 4 nitrogen and oxygen atoms in total. The normalized spacial score (nSPS) is 23.5. The van der Waals surface area contributed by atoms with E-state index in [1.807, 2.05) is 19.2 Å².